The number of carbonyl (C=O) groups is 1. The van der Waals surface area contributed by atoms with E-state index in [0.717, 1.165) is 28.8 Å². The van der Waals surface area contributed by atoms with Gasteiger partial charge in [0.25, 0.3) is 15.9 Å². The molecule has 0 saturated carbocycles. The highest BCUT2D eigenvalue weighted by Gasteiger charge is 2.32. The molecule has 1 amide bonds. The van der Waals surface area contributed by atoms with Crippen LogP contribution in [0.1, 0.15) is 34.0 Å². The number of nitrogens with zero attached hydrogens (tertiary/aromatic N) is 1. The Balaban J connectivity index is 1.68. The second-order valence-corrected chi connectivity index (χ2v) is 9.96. The van der Waals surface area contributed by atoms with Crippen molar-refractivity contribution >= 4 is 38.9 Å². The number of para-hydroxylation sites is 1. The van der Waals surface area contributed by atoms with Gasteiger partial charge in [-0.25, -0.2) is 8.42 Å². The van der Waals surface area contributed by atoms with Crippen molar-refractivity contribution < 1.29 is 13.2 Å². The fourth-order valence-corrected chi connectivity index (χ4v) is 5.45. The second-order valence-electron chi connectivity index (χ2n) is 7.91. The van der Waals surface area contributed by atoms with E-state index in [1.807, 2.05) is 51.1 Å². The first kappa shape index (κ1) is 21.4. The van der Waals surface area contributed by atoms with E-state index in [-0.39, 0.29) is 27.4 Å². The molecular weight excluding hydrogens is 432 g/mol. The van der Waals surface area contributed by atoms with Gasteiger partial charge >= 0.3 is 0 Å². The number of fused-ring (bicyclic) bond motifs is 1. The minimum atomic E-state index is -3.98. The zero-order chi connectivity index (χ0) is 22.3. The van der Waals surface area contributed by atoms with Crippen molar-refractivity contribution in [3.8, 4) is 0 Å². The van der Waals surface area contributed by atoms with Crippen LogP contribution in [-0.2, 0) is 16.4 Å². The van der Waals surface area contributed by atoms with Crippen molar-refractivity contribution in [2.75, 3.05) is 9.62 Å². The summed E-state index contributed by atoms with van der Waals surface area (Å²) in [5.41, 5.74) is 4.70. The van der Waals surface area contributed by atoms with Crippen LogP contribution in [0.4, 0.5) is 11.4 Å². The lowest BCUT2D eigenvalue weighted by Crippen LogP contribution is -2.35. The molecule has 4 rings (SSSR count). The Hall–Kier alpha value is -2.83. The van der Waals surface area contributed by atoms with Crippen LogP contribution in [0.5, 0.6) is 0 Å². The highest BCUT2D eigenvalue weighted by molar-refractivity contribution is 7.92. The maximum absolute atomic E-state index is 13.3. The van der Waals surface area contributed by atoms with Gasteiger partial charge in [0.05, 0.1) is 5.02 Å². The minimum absolute atomic E-state index is 0.0192. The summed E-state index contributed by atoms with van der Waals surface area (Å²) in [7, 11) is -3.98. The minimum Gasteiger partial charge on any atom is -0.305 e. The topological polar surface area (TPSA) is 66.5 Å². The lowest BCUT2D eigenvalue weighted by molar-refractivity contribution is 0.0981. The van der Waals surface area contributed by atoms with E-state index in [2.05, 4.69) is 4.72 Å². The number of anilines is 2. The van der Waals surface area contributed by atoms with Crippen molar-refractivity contribution in [2.45, 2.75) is 38.1 Å². The number of halogens is 1. The van der Waals surface area contributed by atoms with E-state index in [1.54, 1.807) is 23.1 Å². The van der Waals surface area contributed by atoms with Crippen LogP contribution in [-0.4, -0.2) is 20.4 Å². The Labute approximate surface area is 187 Å². The molecule has 3 aromatic rings. The number of benzene rings is 3. The summed E-state index contributed by atoms with van der Waals surface area (Å²) in [6, 6.07) is 17.4. The lowest BCUT2D eigenvalue weighted by atomic mass is 10.1. The summed E-state index contributed by atoms with van der Waals surface area (Å²) >= 11 is 6.23. The first-order valence-corrected chi connectivity index (χ1v) is 11.8. The molecule has 0 aliphatic carbocycles. The summed E-state index contributed by atoms with van der Waals surface area (Å²) in [4.78, 5) is 14.9. The fraction of sp³-hybridized carbons (Fsp3) is 0.208. The Morgan fingerprint density at radius 1 is 1.03 bits per heavy atom. The molecule has 0 aromatic heterocycles. The van der Waals surface area contributed by atoms with E-state index in [4.69, 9.17) is 11.6 Å². The second kappa shape index (κ2) is 8.02. The monoisotopic (exact) mass is 454 g/mol. The van der Waals surface area contributed by atoms with Crippen molar-refractivity contribution in [3.05, 3.63) is 87.9 Å². The van der Waals surface area contributed by atoms with Gasteiger partial charge in [-0.15, -0.1) is 0 Å². The number of sulfonamides is 1. The van der Waals surface area contributed by atoms with Crippen molar-refractivity contribution in [3.63, 3.8) is 0 Å². The third-order valence-electron chi connectivity index (χ3n) is 5.65. The van der Waals surface area contributed by atoms with Crippen LogP contribution >= 0.6 is 11.6 Å². The fourth-order valence-electron chi connectivity index (χ4n) is 3.87. The summed E-state index contributed by atoms with van der Waals surface area (Å²) in [5, 5.41) is 0.0581. The molecule has 0 saturated heterocycles. The van der Waals surface area contributed by atoms with Gasteiger partial charge in [-0.05, 0) is 80.3 Å². The van der Waals surface area contributed by atoms with Gasteiger partial charge in [-0.1, -0.05) is 35.9 Å². The lowest BCUT2D eigenvalue weighted by Gasteiger charge is -2.23. The van der Waals surface area contributed by atoms with E-state index in [1.165, 1.54) is 12.1 Å². The number of carbonyl (C=O) groups excluding carboxylic acids is 1. The Bertz CT molecular complexity index is 1290. The highest BCUT2D eigenvalue weighted by atomic mass is 35.5. The molecule has 1 aliphatic rings. The SMILES string of the molecule is Cc1ccc(NS(=O)(=O)c2cc(C(=O)N3c4ccccc4CC3C)ccc2Cl)cc1C. The Morgan fingerprint density at radius 3 is 2.52 bits per heavy atom. The molecule has 0 radical (unpaired) electrons. The van der Waals surface area contributed by atoms with Crippen LogP contribution in [0, 0.1) is 13.8 Å². The number of amides is 1. The van der Waals surface area contributed by atoms with Crippen LogP contribution in [0.25, 0.3) is 0 Å². The summed E-state index contributed by atoms with van der Waals surface area (Å²) in [6.07, 6.45) is 0.759. The van der Waals surface area contributed by atoms with Gasteiger partial charge in [0, 0.05) is 23.0 Å². The molecular formula is C24H23ClN2O3S. The Morgan fingerprint density at radius 2 is 1.77 bits per heavy atom. The van der Waals surface area contributed by atoms with E-state index >= 15 is 0 Å². The predicted octanol–water partition coefficient (Wildman–Crippen LogP) is 5.35. The Kier molecular flexibility index (Phi) is 5.54. The van der Waals surface area contributed by atoms with E-state index < -0.39 is 10.0 Å². The molecule has 160 valence electrons. The van der Waals surface area contributed by atoms with Crippen LogP contribution in [0.2, 0.25) is 5.02 Å². The molecule has 0 fully saturated rings. The normalized spacial score (nSPS) is 15.6. The number of nitrogens with one attached hydrogen (secondary N) is 1. The van der Waals surface area contributed by atoms with Crippen molar-refractivity contribution in [1.29, 1.82) is 0 Å². The first-order chi connectivity index (χ1) is 14.7. The standard InChI is InChI=1S/C24H23ClN2O3S/c1-15-8-10-20(12-16(15)2)26-31(29,30)23-14-19(9-11-21(23)25)24(28)27-17(3)13-18-6-4-5-7-22(18)27/h4-12,14,17,26H,13H2,1-3H3. The van der Waals surface area contributed by atoms with Gasteiger partial charge in [0.15, 0.2) is 0 Å². The van der Waals surface area contributed by atoms with Crippen LogP contribution < -0.4 is 9.62 Å². The molecule has 5 nitrogen and oxygen atoms in total. The number of hydrogen-bond donors (Lipinski definition) is 1. The molecule has 1 atom stereocenters. The van der Waals surface area contributed by atoms with E-state index in [0.29, 0.717) is 5.69 Å². The predicted molar refractivity (Wildman–Crippen MR) is 125 cm³/mol. The van der Waals surface area contributed by atoms with Gasteiger partial charge < -0.3 is 4.90 Å². The zero-order valence-electron chi connectivity index (χ0n) is 17.5. The van der Waals surface area contributed by atoms with E-state index in [9.17, 15) is 13.2 Å². The van der Waals surface area contributed by atoms with Gasteiger partial charge in [-0.2, -0.15) is 0 Å². The first-order valence-electron chi connectivity index (χ1n) is 9.98. The largest absolute Gasteiger partial charge is 0.305 e. The average Bonchev–Trinajstić information content (AvgIpc) is 3.06. The smallest absolute Gasteiger partial charge is 0.263 e. The quantitative estimate of drug-likeness (QED) is 0.577. The van der Waals surface area contributed by atoms with Gasteiger partial charge in [-0.3, -0.25) is 9.52 Å². The third-order valence-corrected chi connectivity index (χ3v) is 7.52. The molecule has 3 aromatic carbocycles. The average molecular weight is 455 g/mol. The summed E-state index contributed by atoms with van der Waals surface area (Å²) in [5.74, 6) is -0.253. The maximum Gasteiger partial charge on any atom is 0.263 e. The van der Waals surface area contributed by atoms with Crippen LogP contribution in [0.15, 0.2) is 65.6 Å². The highest BCUT2D eigenvalue weighted by Crippen LogP contribution is 2.34. The van der Waals surface area contributed by atoms with Crippen molar-refractivity contribution in [2.24, 2.45) is 0 Å². The molecule has 1 aliphatic heterocycles. The molecule has 0 spiro atoms. The van der Waals surface area contributed by atoms with Crippen molar-refractivity contribution in [1.82, 2.24) is 0 Å². The molecule has 1 heterocycles. The molecule has 1 N–H and O–H groups in total. The molecule has 1 unspecified atom stereocenters. The molecule has 0 bridgehead atoms. The van der Waals surface area contributed by atoms with Gasteiger partial charge in [0.2, 0.25) is 0 Å². The zero-order valence-corrected chi connectivity index (χ0v) is 19.1. The number of hydrogen-bond acceptors (Lipinski definition) is 3. The maximum atomic E-state index is 13.3. The summed E-state index contributed by atoms with van der Waals surface area (Å²) in [6.45, 7) is 5.85. The number of rotatable bonds is 4. The molecule has 31 heavy (non-hydrogen) atoms. The van der Waals surface area contributed by atoms with Crippen LogP contribution in [0.3, 0.4) is 0 Å². The molecule has 7 heteroatoms. The third kappa shape index (κ3) is 4.05. The van der Waals surface area contributed by atoms with Gasteiger partial charge in [0.1, 0.15) is 4.90 Å². The number of aryl methyl sites for hydroxylation is 2. The summed E-state index contributed by atoms with van der Waals surface area (Å²) < 4.78 is 28.7.